The first kappa shape index (κ1) is 28.7. The lowest BCUT2D eigenvalue weighted by Crippen LogP contribution is -2.69. The second-order valence-electron chi connectivity index (χ2n) is 10.3. The van der Waals surface area contributed by atoms with E-state index in [0.717, 1.165) is 19.1 Å². The Bertz CT molecular complexity index is 1320. The number of carbonyl (C=O) groups excluding carboxylic acids is 4. The molecule has 4 rings (SSSR count). The topological polar surface area (TPSA) is 188 Å². The van der Waals surface area contributed by atoms with Crippen LogP contribution in [0.3, 0.4) is 0 Å². The highest BCUT2D eigenvalue weighted by atomic mass is 32.2. The molecule has 11 nitrogen and oxygen atoms in total. The van der Waals surface area contributed by atoms with E-state index in [1.54, 1.807) is 23.9 Å². The van der Waals surface area contributed by atoms with Gasteiger partial charge in [0, 0.05) is 30.1 Å². The van der Waals surface area contributed by atoms with Crippen molar-refractivity contribution in [1.82, 2.24) is 4.90 Å². The Kier molecular flexibility index (Phi) is 7.58. The van der Waals surface area contributed by atoms with Gasteiger partial charge in [-0.2, -0.15) is 11.8 Å². The standard InChI is InChI=1S/C27H32N2O9S/c1-5-9-39-10-13-12-7-6-8-14(31)15(12)21(32)17-16(13)23(38-11(2)30)19-20(29(3)4)22(33)18(26(28)36)25(35)27(19,37)24(17)34/h6-8,13,16,19-20,23,31,33-34,37H,5,9-10H2,1-4H3,(H2,28,36)/t13-,16+,19-,20-,23-,27+/m1/s1. The molecule has 6 N–H and O–H groups in total. The van der Waals surface area contributed by atoms with Crippen molar-refractivity contribution < 1.29 is 44.3 Å². The van der Waals surface area contributed by atoms with Crippen LogP contribution < -0.4 is 5.73 Å². The van der Waals surface area contributed by atoms with Crippen molar-refractivity contribution in [1.29, 1.82) is 0 Å². The number of primary amides is 1. The van der Waals surface area contributed by atoms with Crippen molar-refractivity contribution in [2.75, 3.05) is 25.6 Å². The van der Waals surface area contributed by atoms with Gasteiger partial charge < -0.3 is 30.9 Å². The summed E-state index contributed by atoms with van der Waals surface area (Å²) in [6, 6.07) is 3.25. The van der Waals surface area contributed by atoms with Gasteiger partial charge in [0.05, 0.1) is 17.5 Å². The number of nitrogens with two attached hydrogens (primary N) is 1. The zero-order valence-electron chi connectivity index (χ0n) is 22.0. The Morgan fingerprint density at radius 2 is 1.85 bits per heavy atom. The number of aliphatic hydroxyl groups is 3. The molecule has 3 aliphatic rings. The highest BCUT2D eigenvalue weighted by molar-refractivity contribution is 7.99. The van der Waals surface area contributed by atoms with Gasteiger partial charge in [-0.15, -0.1) is 0 Å². The number of phenols is 1. The summed E-state index contributed by atoms with van der Waals surface area (Å²) >= 11 is 1.55. The molecule has 1 aromatic carbocycles. The first-order chi connectivity index (χ1) is 18.3. The molecule has 0 unspecified atom stereocenters. The Balaban J connectivity index is 2.10. The zero-order chi connectivity index (χ0) is 29.0. The molecule has 12 heteroatoms. The number of esters is 1. The summed E-state index contributed by atoms with van der Waals surface area (Å²) in [6.45, 7) is 3.12. The molecule has 0 spiro atoms. The maximum absolute atomic E-state index is 13.9. The number of aromatic hydroxyl groups is 1. The molecule has 0 heterocycles. The number of thioether (sulfide) groups is 1. The van der Waals surface area contributed by atoms with Crippen LogP contribution in [0.25, 0.3) is 0 Å². The summed E-state index contributed by atoms with van der Waals surface area (Å²) < 4.78 is 5.75. The fraction of sp³-hybridized carbons (Fsp3) is 0.481. The fourth-order valence-corrected chi connectivity index (χ4v) is 7.36. The van der Waals surface area contributed by atoms with E-state index < -0.39 is 81.6 Å². The molecule has 0 aromatic heterocycles. The average Bonchev–Trinajstić information content (AvgIpc) is 2.84. The minimum absolute atomic E-state index is 0.0954. The van der Waals surface area contributed by atoms with Gasteiger partial charge in [0.15, 0.2) is 11.4 Å². The number of hydrogen-bond donors (Lipinski definition) is 5. The minimum atomic E-state index is -2.95. The van der Waals surface area contributed by atoms with E-state index in [0.29, 0.717) is 11.3 Å². The number of benzene rings is 1. The number of ketones is 2. The van der Waals surface area contributed by atoms with Crippen LogP contribution in [-0.2, 0) is 19.1 Å². The average molecular weight is 561 g/mol. The van der Waals surface area contributed by atoms with Gasteiger partial charge in [-0.25, -0.2) is 0 Å². The Morgan fingerprint density at radius 1 is 1.18 bits per heavy atom. The summed E-state index contributed by atoms with van der Waals surface area (Å²) in [5.74, 6) is -8.53. The van der Waals surface area contributed by atoms with Crippen LogP contribution in [0.2, 0.25) is 0 Å². The van der Waals surface area contributed by atoms with Gasteiger partial charge in [-0.1, -0.05) is 19.1 Å². The number of amides is 1. The van der Waals surface area contributed by atoms with Crippen molar-refractivity contribution in [2.45, 2.75) is 43.9 Å². The van der Waals surface area contributed by atoms with Crippen LogP contribution in [0.1, 0.15) is 42.1 Å². The van der Waals surface area contributed by atoms with Crippen molar-refractivity contribution in [2.24, 2.45) is 17.6 Å². The van der Waals surface area contributed by atoms with E-state index in [9.17, 15) is 39.6 Å². The number of nitrogens with zero attached hydrogens (tertiary/aromatic N) is 1. The van der Waals surface area contributed by atoms with Gasteiger partial charge in [-0.05, 0) is 37.9 Å². The number of aliphatic hydroxyl groups excluding tert-OH is 2. The largest absolute Gasteiger partial charge is 0.510 e. The molecule has 0 aliphatic heterocycles. The molecule has 6 atom stereocenters. The smallest absolute Gasteiger partial charge is 0.302 e. The van der Waals surface area contributed by atoms with Gasteiger partial charge in [0.25, 0.3) is 5.91 Å². The molecule has 0 fully saturated rings. The van der Waals surface area contributed by atoms with Crippen LogP contribution in [-0.4, -0.2) is 92.1 Å². The maximum Gasteiger partial charge on any atom is 0.302 e. The molecule has 39 heavy (non-hydrogen) atoms. The van der Waals surface area contributed by atoms with Gasteiger partial charge in [0.1, 0.15) is 28.9 Å². The second-order valence-corrected chi connectivity index (χ2v) is 11.4. The van der Waals surface area contributed by atoms with Crippen LogP contribution in [0.4, 0.5) is 0 Å². The summed E-state index contributed by atoms with van der Waals surface area (Å²) in [7, 11) is 3.01. The van der Waals surface area contributed by atoms with Crippen molar-refractivity contribution in [3.05, 3.63) is 52.0 Å². The maximum atomic E-state index is 13.9. The highest BCUT2D eigenvalue weighted by Gasteiger charge is 2.68. The zero-order valence-corrected chi connectivity index (χ0v) is 22.8. The number of fused-ring (bicyclic) bond motifs is 3. The van der Waals surface area contributed by atoms with Crippen LogP contribution in [0.15, 0.2) is 40.9 Å². The Labute approximate surface area is 229 Å². The molecule has 3 aliphatic carbocycles. The summed E-state index contributed by atoms with van der Waals surface area (Å²) in [4.78, 5) is 53.6. The number of carbonyl (C=O) groups is 4. The lowest BCUT2D eigenvalue weighted by molar-refractivity contribution is -0.179. The van der Waals surface area contributed by atoms with E-state index >= 15 is 0 Å². The molecule has 0 saturated heterocycles. The van der Waals surface area contributed by atoms with Gasteiger partial charge in [-0.3, -0.25) is 24.1 Å². The quantitative estimate of drug-likeness (QED) is 0.184. The van der Waals surface area contributed by atoms with E-state index in [1.807, 2.05) is 6.92 Å². The molecule has 0 radical (unpaired) electrons. The number of likely N-dealkylation sites (N-methyl/N-ethyl adjacent to an activating group) is 1. The summed E-state index contributed by atoms with van der Waals surface area (Å²) in [5, 5.41) is 45.4. The Hall–Kier alpha value is -3.35. The van der Waals surface area contributed by atoms with E-state index in [2.05, 4.69) is 0 Å². The molecule has 1 aromatic rings. The second kappa shape index (κ2) is 10.3. The molecular weight excluding hydrogens is 528 g/mol. The number of ether oxygens (including phenoxy) is 1. The molecule has 0 saturated carbocycles. The fourth-order valence-electron chi connectivity index (χ4n) is 6.26. The van der Waals surface area contributed by atoms with E-state index in [4.69, 9.17) is 10.5 Å². The lowest BCUT2D eigenvalue weighted by Gasteiger charge is -2.54. The lowest BCUT2D eigenvalue weighted by atomic mass is 9.55. The molecule has 210 valence electrons. The van der Waals surface area contributed by atoms with Crippen molar-refractivity contribution >= 4 is 35.2 Å². The van der Waals surface area contributed by atoms with E-state index in [-0.39, 0.29) is 11.3 Å². The Morgan fingerprint density at radius 3 is 2.41 bits per heavy atom. The minimum Gasteiger partial charge on any atom is -0.510 e. The monoisotopic (exact) mass is 560 g/mol. The van der Waals surface area contributed by atoms with Gasteiger partial charge in [0.2, 0.25) is 5.78 Å². The number of phenolic OH excluding ortho intramolecular Hbond substituents is 1. The van der Waals surface area contributed by atoms with E-state index in [1.165, 1.54) is 25.1 Å². The third kappa shape index (κ3) is 4.21. The molecular formula is C27H32N2O9S. The van der Waals surface area contributed by atoms with Crippen LogP contribution in [0.5, 0.6) is 5.75 Å². The third-order valence-electron chi connectivity index (χ3n) is 7.72. The molecule has 0 bridgehead atoms. The first-order valence-corrected chi connectivity index (χ1v) is 13.7. The predicted octanol–water partition coefficient (Wildman–Crippen LogP) is 1.35. The van der Waals surface area contributed by atoms with Crippen LogP contribution >= 0.6 is 11.8 Å². The number of rotatable bonds is 7. The third-order valence-corrected chi connectivity index (χ3v) is 9.01. The van der Waals surface area contributed by atoms with Crippen LogP contribution in [0, 0.1) is 11.8 Å². The summed E-state index contributed by atoms with van der Waals surface area (Å²) in [6.07, 6.45) is -0.554. The predicted molar refractivity (Wildman–Crippen MR) is 141 cm³/mol. The van der Waals surface area contributed by atoms with Crippen molar-refractivity contribution in [3.63, 3.8) is 0 Å². The number of Topliss-reactive ketones (excluding diaryl/α,β-unsaturated/α-hetero) is 2. The number of hydrogen-bond acceptors (Lipinski definition) is 11. The highest BCUT2D eigenvalue weighted by Crippen LogP contribution is 2.57. The van der Waals surface area contributed by atoms with Gasteiger partial charge >= 0.3 is 5.97 Å². The molecule has 1 amide bonds. The first-order valence-electron chi connectivity index (χ1n) is 12.5. The SMILES string of the molecule is CCCSC[C@@H]1c2cccc(O)c2C(=O)C2=C(O)[C@]3(O)C(=O)C(C(N)=O)=C(O)[C@H](N(C)C)[C@@H]3[C@H](OC(C)=O)[C@H]21. The normalized spacial score (nSPS) is 30.2. The summed E-state index contributed by atoms with van der Waals surface area (Å²) in [5.41, 5.74) is 1.49. The van der Waals surface area contributed by atoms with Crippen molar-refractivity contribution in [3.8, 4) is 5.75 Å².